The molecule has 1 aromatic heterocycles. The predicted octanol–water partition coefficient (Wildman–Crippen LogP) is 1.25. The quantitative estimate of drug-likeness (QED) is 0.575. The predicted molar refractivity (Wildman–Crippen MR) is 63.2 cm³/mol. The number of aromatic nitrogens is 1. The van der Waals surface area contributed by atoms with E-state index in [4.69, 9.17) is 9.31 Å². The molecule has 0 aromatic carbocycles. The molecule has 0 bridgehead atoms. The van der Waals surface area contributed by atoms with E-state index in [0.717, 1.165) is 6.29 Å². The average Bonchev–Trinajstić information content (AvgIpc) is 2.70. The molecule has 2 heterocycles. The molecule has 0 amide bonds. The number of rotatable bonds is 2. The summed E-state index contributed by atoms with van der Waals surface area (Å²) >= 11 is 1.30. The molecular formula is C10H14BNO3S. The minimum Gasteiger partial charge on any atom is -0.398 e. The second-order valence-corrected chi connectivity index (χ2v) is 5.71. The Morgan fingerprint density at radius 1 is 1.31 bits per heavy atom. The molecule has 0 radical (unpaired) electrons. The fourth-order valence-electron chi connectivity index (χ4n) is 1.43. The lowest BCUT2D eigenvalue weighted by Crippen LogP contribution is -2.41. The molecule has 1 saturated heterocycles. The Hall–Kier alpha value is -0.715. The van der Waals surface area contributed by atoms with E-state index in [1.807, 2.05) is 27.7 Å². The van der Waals surface area contributed by atoms with Crippen molar-refractivity contribution in [1.82, 2.24) is 4.98 Å². The minimum atomic E-state index is -0.477. The molecule has 6 heteroatoms. The molecule has 1 aliphatic heterocycles. The van der Waals surface area contributed by atoms with Gasteiger partial charge in [-0.1, -0.05) is 0 Å². The van der Waals surface area contributed by atoms with E-state index in [-0.39, 0.29) is 11.2 Å². The molecule has 0 saturated carbocycles. The van der Waals surface area contributed by atoms with Crippen LogP contribution in [0.2, 0.25) is 0 Å². The van der Waals surface area contributed by atoms with Crippen molar-refractivity contribution >= 4 is 30.3 Å². The monoisotopic (exact) mass is 239 g/mol. The first-order valence-electron chi connectivity index (χ1n) is 5.12. The summed E-state index contributed by atoms with van der Waals surface area (Å²) in [5, 5.41) is 2.25. The lowest BCUT2D eigenvalue weighted by Gasteiger charge is -2.32. The largest absolute Gasteiger partial charge is 0.515 e. The second-order valence-electron chi connectivity index (χ2n) is 4.82. The lowest BCUT2D eigenvalue weighted by molar-refractivity contribution is 0.00578. The molecule has 0 unspecified atom stereocenters. The Morgan fingerprint density at radius 2 is 1.88 bits per heavy atom. The molecule has 1 aliphatic rings. The Morgan fingerprint density at radius 3 is 2.31 bits per heavy atom. The van der Waals surface area contributed by atoms with Crippen LogP contribution in [0.1, 0.15) is 37.5 Å². The summed E-state index contributed by atoms with van der Waals surface area (Å²) < 4.78 is 11.6. The van der Waals surface area contributed by atoms with Crippen molar-refractivity contribution in [3.05, 3.63) is 10.4 Å². The molecule has 4 nitrogen and oxygen atoms in total. The van der Waals surface area contributed by atoms with Crippen LogP contribution in [0.25, 0.3) is 0 Å². The van der Waals surface area contributed by atoms with E-state index in [2.05, 4.69) is 4.98 Å². The highest BCUT2D eigenvalue weighted by molar-refractivity contribution is 7.12. The number of hydrogen-bond donors (Lipinski definition) is 0. The van der Waals surface area contributed by atoms with Crippen LogP contribution in [0.3, 0.4) is 0 Å². The van der Waals surface area contributed by atoms with E-state index < -0.39 is 7.12 Å². The summed E-state index contributed by atoms with van der Waals surface area (Å²) in [6.45, 7) is 7.94. The van der Waals surface area contributed by atoms with Crippen molar-refractivity contribution in [2.75, 3.05) is 0 Å². The number of nitrogens with zero attached hydrogens (tertiary/aromatic N) is 1. The fourth-order valence-corrected chi connectivity index (χ4v) is 2.05. The van der Waals surface area contributed by atoms with Crippen LogP contribution < -0.4 is 5.59 Å². The van der Waals surface area contributed by atoms with Gasteiger partial charge in [0, 0.05) is 5.38 Å². The van der Waals surface area contributed by atoms with Gasteiger partial charge in [-0.05, 0) is 27.7 Å². The summed E-state index contributed by atoms with van der Waals surface area (Å²) in [6, 6.07) is 0. The maximum absolute atomic E-state index is 10.6. The third-order valence-corrected chi connectivity index (χ3v) is 3.92. The first-order valence-corrected chi connectivity index (χ1v) is 6.00. The maximum Gasteiger partial charge on any atom is 0.515 e. The second kappa shape index (κ2) is 3.65. The van der Waals surface area contributed by atoms with Gasteiger partial charge in [0.25, 0.3) is 0 Å². The molecule has 86 valence electrons. The van der Waals surface area contributed by atoms with Gasteiger partial charge in [-0.3, -0.25) is 4.79 Å². The molecule has 1 aromatic rings. The number of carbonyl (C=O) groups is 1. The number of aldehydes is 1. The lowest BCUT2D eigenvalue weighted by atomic mass is 9.86. The van der Waals surface area contributed by atoms with Crippen molar-refractivity contribution in [1.29, 1.82) is 0 Å². The Balaban J connectivity index is 2.23. The number of hydrogen-bond acceptors (Lipinski definition) is 5. The van der Waals surface area contributed by atoms with Gasteiger partial charge in [0.2, 0.25) is 0 Å². The van der Waals surface area contributed by atoms with Gasteiger partial charge < -0.3 is 9.31 Å². The van der Waals surface area contributed by atoms with E-state index in [1.165, 1.54) is 11.3 Å². The van der Waals surface area contributed by atoms with Crippen LogP contribution >= 0.6 is 11.3 Å². The van der Waals surface area contributed by atoms with Crippen molar-refractivity contribution in [2.24, 2.45) is 0 Å². The van der Waals surface area contributed by atoms with Gasteiger partial charge in [0.1, 0.15) is 0 Å². The summed E-state index contributed by atoms with van der Waals surface area (Å²) in [6.07, 6.45) is 0.736. The van der Waals surface area contributed by atoms with Gasteiger partial charge in [0.05, 0.1) is 16.8 Å². The van der Waals surface area contributed by atoms with Crippen LogP contribution in [-0.4, -0.2) is 29.6 Å². The molecule has 16 heavy (non-hydrogen) atoms. The van der Waals surface area contributed by atoms with Gasteiger partial charge in [-0.15, -0.1) is 11.3 Å². The van der Waals surface area contributed by atoms with Crippen LogP contribution in [0.15, 0.2) is 5.38 Å². The SMILES string of the molecule is CC1(C)OB(c2csc(C=O)n2)OC1(C)C. The van der Waals surface area contributed by atoms with Gasteiger partial charge in [0.15, 0.2) is 11.3 Å². The molecule has 0 spiro atoms. The minimum absolute atomic E-state index is 0.372. The number of thiazole rings is 1. The van der Waals surface area contributed by atoms with E-state index >= 15 is 0 Å². The zero-order chi connectivity index (χ0) is 12.0. The summed E-state index contributed by atoms with van der Waals surface area (Å²) in [5.74, 6) is 0. The molecule has 0 atom stereocenters. The van der Waals surface area contributed by atoms with Crippen LogP contribution in [-0.2, 0) is 9.31 Å². The van der Waals surface area contributed by atoms with Crippen molar-refractivity contribution in [3.8, 4) is 0 Å². The Bertz CT molecular complexity index is 400. The van der Waals surface area contributed by atoms with Crippen LogP contribution in [0.4, 0.5) is 0 Å². The van der Waals surface area contributed by atoms with Crippen molar-refractivity contribution < 1.29 is 14.1 Å². The van der Waals surface area contributed by atoms with Crippen molar-refractivity contribution in [3.63, 3.8) is 0 Å². The Labute approximate surface area is 99.1 Å². The van der Waals surface area contributed by atoms with Crippen LogP contribution in [0.5, 0.6) is 0 Å². The molecule has 2 rings (SSSR count). The highest BCUT2D eigenvalue weighted by Crippen LogP contribution is 2.36. The third-order valence-electron chi connectivity index (χ3n) is 3.14. The third kappa shape index (κ3) is 1.81. The maximum atomic E-state index is 10.6. The summed E-state index contributed by atoms with van der Waals surface area (Å²) in [7, 11) is -0.477. The fraction of sp³-hybridized carbons (Fsp3) is 0.600. The van der Waals surface area contributed by atoms with Gasteiger partial charge in [-0.25, -0.2) is 4.98 Å². The standard InChI is InChI=1S/C10H14BNO3S/c1-9(2)10(3,4)15-11(14-9)7-6-16-8(5-13)12-7/h5-6H,1-4H3. The zero-order valence-electron chi connectivity index (χ0n) is 9.81. The molecule has 0 aliphatic carbocycles. The highest BCUT2D eigenvalue weighted by Gasteiger charge is 2.52. The first-order chi connectivity index (χ1) is 7.36. The highest BCUT2D eigenvalue weighted by atomic mass is 32.1. The van der Waals surface area contributed by atoms with Gasteiger partial charge in [-0.2, -0.15) is 0 Å². The molecule has 1 fully saturated rings. The van der Waals surface area contributed by atoms with E-state index in [9.17, 15) is 4.79 Å². The van der Waals surface area contributed by atoms with E-state index in [1.54, 1.807) is 5.38 Å². The summed E-state index contributed by atoms with van der Waals surface area (Å²) in [5.41, 5.74) is -0.0728. The molecule has 0 N–H and O–H groups in total. The van der Waals surface area contributed by atoms with Crippen molar-refractivity contribution in [2.45, 2.75) is 38.9 Å². The smallest absolute Gasteiger partial charge is 0.398 e. The molecular weight excluding hydrogens is 225 g/mol. The number of carbonyl (C=O) groups excluding carboxylic acids is 1. The normalized spacial score (nSPS) is 22.4. The van der Waals surface area contributed by atoms with E-state index in [0.29, 0.717) is 10.6 Å². The van der Waals surface area contributed by atoms with Crippen LogP contribution in [0, 0.1) is 0 Å². The topological polar surface area (TPSA) is 48.4 Å². The average molecular weight is 239 g/mol. The first kappa shape index (κ1) is 11.8. The zero-order valence-corrected chi connectivity index (χ0v) is 10.6. The Kier molecular flexibility index (Phi) is 2.68. The van der Waals surface area contributed by atoms with Gasteiger partial charge >= 0.3 is 7.12 Å². The summed E-state index contributed by atoms with van der Waals surface area (Å²) in [4.78, 5) is 14.7.